The first-order valence-electron chi connectivity index (χ1n) is 9.03. The quantitative estimate of drug-likeness (QED) is 0.656. The Morgan fingerprint density at radius 2 is 1.88 bits per heavy atom. The van der Waals surface area contributed by atoms with Gasteiger partial charge in [-0.05, 0) is 62.3 Å². The summed E-state index contributed by atoms with van der Waals surface area (Å²) >= 11 is 5.81. The van der Waals surface area contributed by atoms with Gasteiger partial charge in [-0.3, -0.25) is 4.79 Å². The number of carbonyl (C=O) groups excluding carboxylic acids is 1. The zero-order valence-corrected chi connectivity index (χ0v) is 16.9. The van der Waals surface area contributed by atoms with Crippen LogP contribution in [0.5, 0.6) is 0 Å². The molecule has 0 fully saturated rings. The van der Waals surface area contributed by atoms with Gasteiger partial charge in [0.25, 0.3) is 0 Å². The van der Waals surface area contributed by atoms with E-state index >= 15 is 0 Å². The number of sulfonamides is 1. The molecule has 0 bridgehead atoms. The van der Waals surface area contributed by atoms with Crippen LogP contribution in [0.1, 0.15) is 46.0 Å². The van der Waals surface area contributed by atoms with E-state index in [-0.39, 0.29) is 16.7 Å². The molecule has 0 aromatic heterocycles. The molecule has 0 aliphatic heterocycles. The van der Waals surface area contributed by atoms with Crippen molar-refractivity contribution < 1.29 is 13.2 Å². The highest BCUT2D eigenvalue weighted by Gasteiger charge is 2.28. The molecule has 0 unspecified atom stereocenters. The third kappa shape index (κ3) is 6.11. The first-order valence-corrected chi connectivity index (χ1v) is 10.9. The minimum absolute atomic E-state index is 0.0905. The molecule has 5 nitrogen and oxygen atoms in total. The molecule has 0 radical (unpaired) electrons. The summed E-state index contributed by atoms with van der Waals surface area (Å²) in [6.07, 6.45) is 7.71. The SMILES string of the molecule is CC(C)[C@H](NS(=O)(=O)c1ccc(Cl)cc1)C(=O)NCCC1=CCCCC1. The van der Waals surface area contributed by atoms with E-state index in [9.17, 15) is 13.2 Å². The molecule has 2 rings (SSSR count). The summed E-state index contributed by atoms with van der Waals surface area (Å²) in [5.74, 6) is -0.472. The van der Waals surface area contributed by atoms with Gasteiger partial charge in [0.2, 0.25) is 15.9 Å². The summed E-state index contributed by atoms with van der Waals surface area (Å²) in [6, 6.07) is 5.05. The standard InChI is InChI=1S/C19H27ClN2O3S/c1-14(2)18(19(23)21-13-12-15-6-4-3-5-7-15)22-26(24,25)17-10-8-16(20)9-11-17/h6,8-11,14,18,22H,3-5,7,12-13H2,1-2H3,(H,21,23)/t18-/m0/s1. The van der Waals surface area contributed by atoms with Crippen molar-refractivity contribution in [2.75, 3.05) is 6.54 Å². The second-order valence-electron chi connectivity index (χ2n) is 6.95. The van der Waals surface area contributed by atoms with Crippen LogP contribution in [0.4, 0.5) is 0 Å². The van der Waals surface area contributed by atoms with Crippen LogP contribution >= 0.6 is 11.6 Å². The van der Waals surface area contributed by atoms with Gasteiger partial charge in [-0.1, -0.05) is 37.1 Å². The second kappa shape index (κ2) is 9.53. The van der Waals surface area contributed by atoms with Crippen molar-refractivity contribution in [3.63, 3.8) is 0 Å². The third-order valence-electron chi connectivity index (χ3n) is 4.49. The lowest BCUT2D eigenvalue weighted by Crippen LogP contribution is -2.49. The molecule has 1 aromatic carbocycles. The highest BCUT2D eigenvalue weighted by molar-refractivity contribution is 7.89. The topological polar surface area (TPSA) is 75.3 Å². The van der Waals surface area contributed by atoms with Crippen LogP contribution < -0.4 is 10.0 Å². The number of nitrogens with one attached hydrogen (secondary N) is 2. The maximum atomic E-state index is 12.5. The largest absolute Gasteiger partial charge is 0.354 e. The Bertz CT molecular complexity index is 743. The maximum absolute atomic E-state index is 12.5. The number of carbonyl (C=O) groups is 1. The molecule has 2 N–H and O–H groups in total. The van der Waals surface area contributed by atoms with Crippen molar-refractivity contribution in [1.82, 2.24) is 10.0 Å². The van der Waals surface area contributed by atoms with E-state index in [1.54, 1.807) is 0 Å². The molecule has 1 aromatic rings. The van der Waals surface area contributed by atoms with Gasteiger partial charge in [0.1, 0.15) is 6.04 Å². The summed E-state index contributed by atoms with van der Waals surface area (Å²) < 4.78 is 27.6. The van der Waals surface area contributed by atoms with Gasteiger partial charge in [-0.15, -0.1) is 0 Å². The van der Waals surface area contributed by atoms with Crippen LogP contribution in [0, 0.1) is 5.92 Å². The molecule has 1 aliphatic carbocycles. The van der Waals surface area contributed by atoms with Gasteiger partial charge >= 0.3 is 0 Å². The fourth-order valence-corrected chi connectivity index (χ4v) is 4.40. The van der Waals surface area contributed by atoms with Crippen LogP contribution in [0.15, 0.2) is 40.8 Å². The molecule has 0 saturated carbocycles. The van der Waals surface area contributed by atoms with Gasteiger partial charge in [-0.25, -0.2) is 8.42 Å². The predicted molar refractivity (Wildman–Crippen MR) is 105 cm³/mol. The lowest BCUT2D eigenvalue weighted by atomic mass is 9.97. The summed E-state index contributed by atoms with van der Waals surface area (Å²) in [5, 5.41) is 3.32. The highest BCUT2D eigenvalue weighted by Crippen LogP contribution is 2.19. The number of hydrogen-bond acceptors (Lipinski definition) is 3. The van der Waals surface area contributed by atoms with E-state index in [2.05, 4.69) is 16.1 Å². The van der Waals surface area contributed by atoms with Gasteiger partial charge in [0, 0.05) is 11.6 Å². The van der Waals surface area contributed by atoms with Gasteiger partial charge < -0.3 is 5.32 Å². The van der Waals surface area contributed by atoms with Crippen molar-refractivity contribution in [3.05, 3.63) is 40.9 Å². The minimum Gasteiger partial charge on any atom is -0.354 e. The Labute approximate surface area is 161 Å². The minimum atomic E-state index is -3.79. The Morgan fingerprint density at radius 3 is 2.46 bits per heavy atom. The zero-order chi connectivity index (χ0) is 19.2. The van der Waals surface area contributed by atoms with E-state index in [4.69, 9.17) is 11.6 Å². The zero-order valence-electron chi connectivity index (χ0n) is 15.3. The summed E-state index contributed by atoms with van der Waals surface area (Å²) in [4.78, 5) is 12.6. The lowest BCUT2D eigenvalue weighted by molar-refractivity contribution is -0.123. The van der Waals surface area contributed by atoms with E-state index in [0.717, 1.165) is 19.3 Å². The number of rotatable bonds is 8. The molecule has 0 heterocycles. The molecule has 26 heavy (non-hydrogen) atoms. The average Bonchev–Trinajstić information content (AvgIpc) is 2.60. The fourth-order valence-electron chi connectivity index (χ4n) is 2.93. The maximum Gasteiger partial charge on any atom is 0.241 e. The van der Waals surface area contributed by atoms with Gasteiger partial charge in [0.15, 0.2) is 0 Å². The molecule has 7 heteroatoms. The normalized spacial score (nSPS) is 16.2. The Kier molecular flexibility index (Phi) is 7.68. The van der Waals surface area contributed by atoms with Crippen LogP contribution in [0.3, 0.4) is 0 Å². The van der Waals surface area contributed by atoms with Crippen molar-refractivity contribution in [2.24, 2.45) is 5.92 Å². The number of amides is 1. The van der Waals surface area contributed by atoms with Crippen LogP contribution in [0.25, 0.3) is 0 Å². The van der Waals surface area contributed by atoms with Crippen LogP contribution in [0.2, 0.25) is 5.02 Å². The smallest absolute Gasteiger partial charge is 0.241 e. The van der Waals surface area contributed by atoms with Crippen LogP contribution in [-0.4, -0.2) is 26.9 Å². The van der Waals surface area contributed by atoms with Gasteiger partial charge in [0.05, 0.1) is 4.90 Å². The lowest BCUT2D eigenvalue weighted by Gasteiger charge is -2.22. The summed E-state index contributed by atoms with van der Waals surface area (Å²) in [5.41, 5.74) is 1.37. The number of benzene rings is 1. The van der Waals surface area contributed by atoms with Crippen molar-refractivity contribution in [3.8, 4) is 0 Å². The third-order valence-corrected chi connectivity index (χ3v) is 6.19. The number of allylic oxidation sites excluding steroid dienone is 1. The van der Waals surface area contributed by atoms with Crippen LogP contribution in [-0.2, 0) is 14.8 Å². The molecule has 144 valence electrons. The Hall–Kier alpha value is -1.37. The monoisotopic (exact) mass is 398 g/mol. The van der Waals surface area contributed by atoms with Crippen molar-refractivity contribution in [1.29, 1.82) is 0 Å². The number of hydrogen-bond donors (Lipinski definition) is 2. The Balaban J connectivity index is 1.97. The van der Waals surface area contributed by atoms with E-state index in [0.29, 0.717) is 11.6 Å². The fraction of sp³-hybridized carbons (Fsp3) is 0.526. The first-order chi connectivity index (χ1) is 12.3. The highest BCUT2D eigenvalue weighted by atomic mass is 35.5. The molecule has 1 atom stereocenters. The van der Waals surface area contributed by atoms with E-state index < -0.39 is 16.1 Å². The summed E-state index contributed by atoms with van der Waals surface area (Å²) in [7, 11) is -3.79. The summed E-state index contributed by atoms with van der Waals surface area (Å²) in [6.45, 7) is 4.16. The molecular formula is C19H27ClN2O3S. The number of halogens is 1. The molecule has 1 amide bonds. The van der Waals surface area contributed by atoms with E-state index in [1.807, 2.05) is 13.8 Å². The Morgan fingerprint density at radius 1 is 1.19 bits per heavy atom. The van der Waals surface area contributed by atoms with Crippen molar-refractivity contribution in [2.45, 2.75) is 56.9 Å². The molecule has 0 saturated heterocycles. The molecule has 1 aliphatic rings. The molecular weight excluding hydrogens is 372 g/mol. The average molecular weight is 399 g/mol. The van der Waals surface area contributed by atoms with Gasteiger partial charge in [-0.2, -0.15) is 4.72 Å². The predicted octanol–water partition coefficient (Wildman–Crippen LogP) is 3.65. The molecule has 0 spiro atoms. The first kappa shape index (κ1) is 20.9. The van der Waals surface area contributed by atoms with E-state index in [1.165, 1.54) is 42.7 Å². The van der Waals surface area contributed by atoms with Crippen molar-refractivity contribution >= 4 is 27.5 Å². The second-order valence-corrected chi connectivity index (χ2v) is 9.10.